The zero-order chi connectivity index (χ0) is 33.0. The predicted octanol–water partition coefficient (Wildman–Crippen LogP) is 2.36. The third kappa shape index (κ3) is 5.39. The first kappa shape index (κ1) is 33.4. The number of aliphatic hydroxyl groups excluding tert-OH is 1. The van der Waals surface area contributed by atoms with Crippen molar-refractivity contribution in [1.82, 2.24) is 0 Å². The summed E-state index contributed by atoms with van der Waals surface area (Å²) in [5.41, 5.74) is -14.8. The van der Waals surface area contributed by atoms with E-state index in [-0.39, 0.29) is 5.56 Å². The number of Topliss-reactive ketones (excluding diaryl/α,β-unsaturated/α-hetero) is 5. The normalized spacial score (nSPS) is 16.6. The van der Waals surface area contributed by atoms with Gasteiger partial charge in [0.1, 0.15) is 0 Å². The molecule has 0 bridgehead atoms. The van der Waals surface area contributed by atoms with Gasteiger partial charge < -0.3 is 25.5 Å². The molecular formula is C34H27BrO10. The molecule has 0 saturated heterocycles. The number of alkyl halides is 1. The lowest BCUT2D eigenvalue weighted by molar-refractivity contribution is -0.219. The Morgan fingerprint density at radius 2 is 0.800 bits per heavy atom. The Bertz CT molecular complexity index is 1730. The molecule has 0 unspecified atom stereocenters. The molecule has 4 aromatic carbocycles. The first-order valence-corrected chi connectivity index (χ1v) is 14.2. The fourth-order valence-corrected chi connectivity index (χ4v) is 5.50. The average Bonchev–Trinajstić information content (AvgIpc) is 3.10. The van der Waals surface area contributed by atoms with E-state index in [4.69, 9.17) is 0 Å². The van der Waals surface area contributed by atoms with Gasteiger partial charge in [0.25, 0.3) is 0 Å². The van der Waals surface area contributed by atoms with Crippen LogP contribution in [0.5, 0.6) is 0 Å². The molecule has 10 nitrogen and oxygen atoms in total. The first-order chi connectivity index (χ1) is 21.3. The minimum Gasteiger partial charge on any atom is -0.392 e. The van der Waals surface area contributed by atoms with E-state index in [1.165, 1.54) is 72.8 Å². The van der Waals surface area contributed by atoms with Crippen LogP contribution in [-0.2, 0) is 4.79 Å². The highest BCUT2D eigenvalue weighted by Crippen LogP contribution is 2.48. The van der Waals surface area contributed by atoms with Gasteiger partial charge in [0.2, 0.25) is 45.7 Å². The van der Waals surface area contributed by atoms with Crippen LogP contribution in [0.15, 0.2) is 121 Å². The molecule has 0 aliphatic carbocycles. The van der Waals surface area contributed by atoms with Gasteiger partial charge in [-0.2, -0.15) is 0 Å². The molecule has 5 N–H and O–H groups in total. The highest BCUT2D eigenvalue weighted by molar-refractivity contribution is 9.10. The second kappa shape index (κ2) is 12.9. The van der Waals surface area contributed by atoms with Crippen LogP contribution in [0, 0.1) is 0 Å². The highest BCUT2D eigenvalue weighted by atomic mass is 79.9. The summed E-state index contributed by atoms with van der Waals surface area (Å²) in [4.78, 5) is 71.0. The quantitative estimate of drug-likeness (QED) is 0.0610. The molecule has 0 aliphatic rings. The van der Waals surface area contributed by atoms with Gasteiger partial charge in [-0.05, 0) is 15.9 Å². The number of ketones is 5. The fourth-order valence-electron chi connectivity index (χ4n) is 5.03. The average molecular weight is 675 g/mol. The number of halogens is 1. The Hall–Kier alpha value is -4.49. The summed E-state index contributed by atoms with van der Waals surface area (Å²) in [6.45, 7) is -1.62. The maximum absolute atomic E-state index is 14.5. The van der Waals surface area contributed by atoms with E-state index in [1.807, 2.05) is 0 Å². The number of carbonyl (C=O) groups excluding carboxylic acids is 5. The van der Waals surface area contributed by atoms with Gasteiger partial charge in [-0.15, -0.1) is 0 Å². The van der Waals surface area contributed by atoms with Crippen LogP contribution in [-0.4, -0.2) is 82.4 Å². The Morgan fingerprint density at radius 1 is 0.489 bits per heavy atom. The summed E-state index contributed by atoms with van der Waals surface area (Å²) < 4.78 is -3.44. The molecule has 4 atom stereocenters. The Morgan fingerprint density at radius 3 is 1.16 bits per heavy atom. The van der Waals surface area contributed by atoms with Crippen molar-refractivity contribution in [2.45, 2.75) is 21.3 Å². The fraction of sp³-hybridized carbons (Fsp3) is 0.147. The number of benzene rings is 4. The first-order valence-electron chi connectivity index (χ1n) is 13.4. The summed E-state index contributed by atoms with van der Waals surface area (Å²) in [6.07, 6.45) is 0. The molecule has 45 heavy (non-hydrogen) atoms. The monoisotopic (exact) mass is 674 g/mol. The van der Waals surface area contributed by atoms with Crippen molar-refractivity contribution in [3.05, 3.63) is 144 Å². The summed E-state index contributed by atoms with van der Waals surface area (Å²) in [5, 5.41) is 59.2. The summed E-state index contributed by atoms with van der Waals surface area (Å²) in [5.74, 6) is -9.00. The minimum absolute atomic E-state index is 0.384. The van der Waals surface area contributed by atoms with Crippen molar-refractivity contribution in [2.24, 2.45) is 0 Å². The van der Waals surface area contributed by atoms with E-state index in [0.717, 1.165) is 48.5 Å². The zero-order valence-electron chi connectivity index (χ0n) is 23.4. The van der Waals surface area contributed by atoms with Crippen LogP contribution >= 0.6 is 15.9 Å². The van der Waals surface area contributed by atoms with Crippen molar-refractivity contribution in [2.75, 3.05) is 6.61 Å². The number of rotatable bonds is 13. The molecule has 0 heterocycles. The van der Waals surface area contributed by atoms with Crippen LogP contribution in [0.4, 0.5) is 0 Å². The van der Waals surface area contributed by atoms with E-state index in [0.29, 0.717) is 0 Å². The molecule has 4 aromatic rings. The van der Waals surface area contributed by atoms with Gasteiger partial charge in [-0.3, -0.25) is 24.0 Å². The molecule has 0 fully saturated rings. The van der Waals surface area contributed by atoms with Crippen molar-refractivity contribution >= 4 is 44.8 Å². The van der Waals surface area contributed by atoms with Crippen LogP contribution in [0.1, 0.15) is 41.4 Å². The van der Waals surface area contributed by atoms with E-state index in [9.17, 15) is 49.5 Å². The second-order valence-electron chi connectivity index (χ2n) is 10.2. The molecule has 230 valence electrons. The van der Waals surface area contributed by atoms with Gasteiger partial charge >= 0.3 is 0 Å². The third-order valence-corrected chi connectivity index (χ3v) is 8.30. The maximum atomic E-state index is 14.5. The Kier molecular flexibility index (Phi) is 9.54. The van der Waals surface area contributed by atoms with Gasteiger partial charge in [0.15, 0.2) is 4.51 Å². The van der Waals surface area contributed by atoms with E-state index in [2.05, 4.69) is 15.9 Å². The topological polar surface area (TPSA) is 186 Å². The van der Waals surface area contributed by atoms with Gasteiger partial charge in [-0.25, -0.2) is 0 Å². The summed E-state index contributed by atoms with van der Waals surface area (Å²) >= 11 is 2.61. The van der Waals surface area contributed by atoms with Gasteiger partial charge in [0, 0.05) is 22.3 Å². The second-order valence-corrected chi connectivity index (χ2v) is 11.5. The molecule has 0 aliphatic heterocycles. The standard InChI is InChI=1S/C34H27BrO10/c35-31(42,21-36)33(44,28(39)24-17-9-3-10-18-24)34(45,29(40)25-19-11-4-12-20-25)32(43,27(38)23-15-7-2-8-16-23)30(41)26(37)22-13-5-1-6-14-22/h1-20,36,42-45H,21H2/t31-,32+,33+,34-/m1/s1. The zero-order valence-corrected chi connectivity index (χ0v) is 25.0. The van der Waals surface area contributed by atoms with E-state index in [1.54, 1.807) is 0 Å². The lowest BCUT2D eigenvalue weighted by Crippen LogP contribution is -2.84. The lowest BCUT2D eigenvalue weighted by Gasteiger charge is -2.52. The van der Waals surface area contributed by atoms with Gasteiger partial charge in [-0.1, -0.05) is 121 Å². The Balaban J connectivity index is 2.19. The molecule has 0 saturated carbocycles. The predicted molar refractivity (Wildman–Crippen MR) is 164 cm³/mol. The number of aliphatic hydroxyl groups is 5. The largest absolute Gasteiger partial charge is 0.392 e. The van der Waals surface area contributed by atoms with E-state index >= 15 is 0 Å². The molecule has 0 aromatic heterocycles. The molecule has 4 rings (SSSR count). The summed E-state index contributed by atoms with van der Waals surface area (Å²) in [7, 11) is 0. The lowest BCUT2D eigenvalue weighted by atomic mass is 9.58. The SMILES string of the molecule is O=C(C(=O)[C@@](O)(C(=O)c1ccccc1)[C@](O)(C(=O)c1ccccc1)[C@](O)(C(=O)c1ccccc1)[C@@](O)(Br)CO)c1ccccc1. The highest BCUT2D eigenvalue weighted by Gasteiger charge is 2.80. The smallest absolute Gasteiger partial charge is 0.246 e. The minimum atomic E-state index is -4.41. The van der Waals surface area contributed by atoms with Crippen LogP contribution in [0.3, 0.4) is 0 Å². The van der Waals surface area contributed by atoms with Crippen molar-refractivity contribution in [1.29, 1.82) is 0 Å². The number of hydrogen-bond acceptors (Lipinski definition) is 10. The molecule has 11 heteroatoms. The van der Waals surface area contributed by atoms with Crippen molar-refractivity contribution in [3.63, 3.8) is 0 Å². The van der Waals surface area contributed by atoms with Crippen molar-refractivity contribution in [3.8, 4) is 0 Å². The van der Waals surface area contributed by atoms with Crippen LogP contribution in [0.2, 0.25) is 0 Å². The molecule has 0 radical (unpaired) electrons. The maximum Gasteiger partial charge on any atom is 0.246 e. The third-order valence-electron chi connectivity index (χ3n) is 7.48. The van der Waals surface area contributed by atoms with Gasteiger partial charge in [0.05, 0.1) is 6.61 Å². The van der Waals surface area contributed by atoms with Crippen LogP contribution < -0.4 is 0 Å². The molecular weight excluding hydrogens is 648 g/mol. The van der Waals surface area contributed by atoms with Crippen molar-refractivity contribution < 1.29 is 49.5 Å². The number of hydrogen-bond donors (Lipinski definition) is 5. The number of carbonyl (C=O) groups is 5. The van der Waals surface area contributed by atoms with Crippen LogP contribution in [0.25, 0.3) is 0 Å². The van der Waals surface area contributed by atoms with E-state index < -0.39 is 73.5 Å². The Labute approximate surface area is 265 Å². The molecule has 0 spiro atoms. The summed E-state index contributed by atoms with van der Waals surface area (Å²) in [6, 6.07) is 25.3. The molecule has 0 amide bonds.